The molecule has 2 heterocycles. The normalized spacial score (nSPS) is 21.4. The molecule has 1 aromatic carbocycles. The maximum atomic E-state index is 13.0. The summed E-state index contributed by atoms with van der Waals surface area (Å²) in [5.41, 5.74) is 4.06. The SMILES string of the molecule is CC(=O)N1c2ccccc2C[C@H]1C(=O)N[C@@H]1CCCc2cccnc21. The number of rotatable bonds is 2. The van der Waals surface area contributed by atoms with Gasteiger partial charge in [0.1, 0.15) is 6.04 Å². The number of anilines is 1. The fourth-order valence-electron chi connectivity index (χ4n) is 4.00. The minimum atomic E-state index is -0.482. The van der Waals surface area contributed by atoms with Crippen molar-refractivity contribution < 1.29 is 9.59 Å². The van der Waals surface area contributed by atoms with E-state index in [1.54, 1.807) is 11.1 Å². The summed E-state index contributed by atoms with van der Waals surface area (Å²) in [6, 6.07) is 11.2. The molecule has 25 heavy (non-hydrogen) atoms. The molecule has 2 aliphatic rings. The van der Waals surface area contributed by atoms with Crippen LogP contribution in [0.4, 0.5) is 5.69 Å². The summed E-state index contributed by atoms with van der Waals surface area (Å²) in [5, 5.41) is 3.14. The Bertz CT molecular complexity index is 833. The second kappa shape index (κ2) is 6.31. The van der Waals surface area contributed by atoms with E-state index in [-0.39, 0.29) is 17.9 Å². The number of aryl methyl sites for hydroxylation is 1. The summed E-state index contributed by atoms with van der Waals surface area (Å²) in [6.45, 7) is 1.51. The Kier molecular flexibility index (Phi) is 3.99. The largest absolute Gasteiger partial charge is 0.346 e. The van der Waals surface area contributed by atoms with Gasteiger partial charge in [0.15, 0.2) is 0 Å². The van der Waals surface area contributed by atoms with E-state index >= 15 is 0 Å². The molecular formula is C20H21N3O2. The molecule has 1 aliphatic carbocycles. The molecule has 5 heteroatoms. The number of nitrogens with one attached hydrogen (secondary N) is 1. The lowest BCUT2D eigenvalue weighted by Crippen LogP contribution is -2.48. The maximum absolute atomic E-state index is 13.0. The van der Waals surface area contributed by atoms with Gasteiger partial charge in [-0.15, -0.1) is 0 Å². The summed E-state index contributed by atoms with van der Waals surface area (Å²) >= 11 is 0. The number of nitrogens with zero attached hydrogens (tertiary/aromatic N) is 2. The second-order valence-corrected chi connectivity index (χ2v) is 6.74. The lowest BCUT2D eigenvalue weighted by molar-refractivity contribution is -0.126. The van der Waals surface area contributed by atoms with Crippen molar-refractivity contribution in [1.29, 1.82) is 0 Å². The molecule has 0 bridgehead atoms. The zero-order chi connectivity index (χ0) is 17.4. The van der Waals surface area contributed by atoms with Gasteiger partial charge in [0.2, 0.25) is 11.8 Å². The van der Waals surface area contributed by atoms with Crippen LogP contribution in [0.5, 0.6) is 0 Å². The fourth-order valence-corrected chi connectivity index (χ4v) is 4.00. The zero-order valence-corrected chi connectivity index (χ0v) is 14.2. The highest BCUT2D eigenvalue weighted by Gasteiger charge is 2.38. The van der Waals surface area contributed by atoms with Crippen LogP contribution in [0.15, 0.2) is 42.6 Å². The first-order valence-electron chi connectivity index (χ1n) is 8.77. The summed E-state index contributed by atoms with van der Waals surface area (Å²) in [7, 11) is 0. The van der Waals surface area contributed by atoms with E-state index in [0.29, 0.717) is 6.42 Å². The van der Waals surface area contributed by atoms with E-state index < -0.39 is 6.04 Å². The van der Waals surface area contributed by atoms with Gasteiger partial charge in [-0.25, -0.2) is 0 Å². The van der Waals surface area contributed by atoms with Gasteiger partial charge in [0.05, 0.1) is 11.7 Å². The highest BCUT2D eigenvalue weighted by molar-refractivity contribution is 6.02. The van der Waals surface area contributed by atoms with Crippen molar-refractivity contribution in [3.63, 3.8) is 0 Å². The van der Waals surface area contributed by atoms with Crippen LogP contribution in [0.1, 0.15) is 42.6 Å². The first-order valence-corrected chi connectivity index (χ1v) is 8.77. The summed E-state index contributed by atoms with van der Waals surface area (Å²) in [5.74, 6) is -0.206. The highest BCUT2D eigenvalue weighted by atomic mass is 16.2. The first-order chi connectivity index (χ1) is 12.1. The molecule has 0 saturated carbocycles. The van der Waals surface area contributed by atoms with Crippen LogP contribution in [0.25, 0.3) is 0 Å². The Hall–Kier alpha value is -2.69. The van der Waals surface area contributed by atoms with Gasteiger partial charge in [-0.2, -0.15) is 0 Å². The molecule has 2 aromatic rings. The quantitative estimate of drug-likeness (QED) is 0.917. The third-order valence-electron chi connectivity index (χ3n) is 5.13. The van der Waals surface area contributed by atoms with Crippen LogP contribution >= 0.6 is 0 Å². The van der Waals surface area contributed by atoms with Crippen molar-refractivity contribution >= 4 is 17.5 Å². The van der Waals surface area contributed by atoms with Crippen LogP contribution in [-0.4, -0.2) is 22.8 Å². The van der Waals surface area contributed by atoms with Crippen molar-refractivity contribution in [3.8, 4) is 0 Å². The van der Waals surface area contributed by atoms with Gasteiger partial charge in [-0.05, 0) is 42.5 Å². The van der Waals surface area contributed by atoms with Crippen molar-refractivity contribution in [2.45, 2.75) is 44.7 Å². The molecule has 128 valence electrons. The van der Waals surface area contributed by atoms with E-state index in [1.807, 2.05) is 30.3 Å². The van der Waals surface area contributed by atoms with E-state index in [2.05, 4.69) is 16.4 Å². The standard InChI is InChI=1S/C20H21N3O2/c1-13(24)23-17-10-3-2-6-15(17)12-18(23)20(25)22-16-9-4-7-14-8-5-11-21-19(14)16/h2-3,5-6,8,10-11,16,18H,4,7,9,12H2,1H3,(H,22,25)/t16-,18+/m1/s1. The Labute approximate surface area is 147 Å². The summed E-state index contributed by atoms with van der Waals surface area (Å²) in [4.78, 5) is 31.2. The zero-order valence-electron chi connectivity index (χ0n) is 14.2. The third kappa shape index (κ3) is 2.80. The molecule has 2 amide bonds. The van der Waals surface area contributed by atoms with E-state index in [4.69, 9.17) is 0 Å². The number of pyridine rings is 1. The van der Waals surface area contributed by atoms with Gasteiger partial charge in [0, 0.05) is 25.2 Å². The number of aromatic nitrogens is 1. The molecule has 0 radical (unpaired) electrons. The fraction of sp³-hybridized carbons (Fsp3) is 0.350. The highest BCUT2D eigenvalue weighted by Crippen LogP contribution is 2.33. The monoisotopic (exact) mass is 335 g/mol. The molecule has 4 rings (SSSR count). The predicted octanol–water partition coefficient (Wildman–Crippen LogP) is 2.55. The average molecular weight is 335 g/mol. The second-order valence-electron chi connectivity index (χ2n) is 6.74. The lowest BCUT2D eigenvalue weighted by Gasteiger charge is -2.29. The Morgan fingerprint density at radius 3 is 2.80 bits per heavy atom. The minimum absolute atomic E-state index is 0.0741. The lowest BCUT2D eigenvalue weighted by atomic mass is 9.91. The van der Waals surface area contributed by atoms with Crippen LogP contribution in [0, 0.1) is 0 Å². The van der Waals surface area contributed by atoms with Gasteiger partial charge in [-0.1, -0.05) is 24.3 Å². The molecule has 5 nitrogen and oxygen atoms in total. The summed E-state index contributed by atoms with van der Waals surface area (Å²) in [6.07, 6.45) is 5.25. The van der Waals surface area contributed by atoms with Crippen molar-refractivity contribution in [1.82, 2.24) is 10.3 Å². The van der Waals surface area contributed by atoms with Crippen LogP contribution < -0.4 is 10.2 Å². The Morgan fingerprint density at radius 1 is 1.16 bits per heavy atom. The smallest absolute Gasteiger partial charge is 0.244 e. The number of amides is 2. The molecule has 1 aromatic heterocycles. The number of hydrogen-bond donors (Lipinski definition) is 1. The Balaban J connectivity index is 1.57. The Morgan fingerprint density at radius 2 is 1.96 bits per heavy atom. The molecule has 0 saturated heterocycles. The van der Waals surface area contributed by atoms with Gasteiger partial charge in [-0.3, -0.25) is 19.5 Å². The maximum Gasteiger partial charge on any atom is 0.244 e. The van der Waals surface area contributed by atoms with Gasteiger partial charge in [0.25, 0.3) is 0 Å². The number of carbonyl (C=O) groups excluding carboxylic acids is 2. The summed E-state index contributed by atoms with van der Waals surface area (Å²) < 4.78 is 0. The minimum Gasteiger partial charge on any atom is -0.346 e. The average Bonchev–Trinajstić information content (AvgIpc) is 3.02. The van der Waals surface area contributed by atoms with Crippen LogP contribution in [0.3, 0.4) is 0 Å². The van der Waals surface area contributed by atoms with Crippen LogP contribution in [0.2, 0.25) is 0 Å². The van der Waals surface area contributed by atoms with Gasteiger partial charge < -0.3 is 5.32 Å². The third-order valence-corrected chi connectivity index (χ3v) is 5.13. The number of para-hydroxylation sites is 1. The van der Waals surface area contributed by atoms with Crippen molar-refractivity contribution in [3.05, 3.63) is 59.4 Å². The van der Waals surface area contributed by atoms with E-state index in [1.165, 1.54) is 12.5 Å². The van der Waals surface area contributed by atoms with Crippen molar-refractivity contribution in [2.75, 3.05) is 4.90 Å². The number of carbonyl (C=O) groups is 2. The molecule has 1 N–H and O–H groups in total. The van der Waals surface area contributed by atoms with E-state index in [0.717, 1.165) is 36.2 Å². The number of fused-ring (bicyclic) bond motifs is 2. The molecule has 1 aliphatic heterocycles. The van der Waals surface area contributed by atoms with Crippen molar-refractivity contribution in [2.24, 2.45) is 0 Å². The van der Waals surface area contributed by atoms with E-state index in [9.17, 15) is 9.59 Å². The van der Waals surface area contributed by atoms with Gasteiger partial charge >= 0.3 is 0 Å². The first kappa shape index (κ1) is 15.8. The molecule has 0 unspecified atom stereocenters. The van der Waals surface area contributed by atoms with Crippen LogP contribution in [-0.2, 0) is 22.4 Å². The molecule has 2 atom stereocenters. The number of hydrogen-bond acceptors (Lipinski definition) is 3. The number of benzene rings is 1. The molecule has 0 spiro atoms. The molecular weight excluding hydrogens is 314 g/mol. The topological polar surface area (TPSA) is 62.3 Å². The molecule has 0 fully saturated rings. The predicted molar refractivity (Wildman–Crippen MR) is 95.2 cm³/mol.